The number of carbonyl (C=O) groups excluding carboxylic acids is 2. The summed E-state index contributed by atoms with van der Waals surface area (Å²) in [6, 6.07) is 6.01. The molecule has 110 valence electrons. The Hall–Kier alpha value is -2.56. The first-order valence-corrected chi connectivity index (χ1v) is 6.65. The van der Waals surface area contributed by atoms with Crippen molar-refractivity contribution in [3.63, 3.8) is 0 Å². The molecule has 0 bridgehead atoms. The van der Waals surface area contributed by atoms with Gasteiger partial charge in [0.2, 0.25) is 0 Å². The van der Waals surface area contributed by atoms with Crippen molar-refractivity contribution in [1.29, 1.82) is 0 Å². The Morgan fingerprint density at radius 2 is 1.81 bits per heavy atom. The molecule has 0 atom stereocenters. The van der Waals surface area contributed by atoms with Gasteiger partial charge in [0.05, 0.1) is 6.61 Å². The number of ether oxygens (including phenoxy) is 1. The molecule has 0 amide bonds. The smallest absolute Gasteiger partial charge is 0.355 e. The highest BCUT2D eigenvalue weighted by Crippen LogP contribution is 2.23. The maximum absolute atomic E-state index is 12.5. The summed E-state index contributed by atoms with van der Waals surface area (Å²) in [5.41, 5.74) is 2.41. The van der Waals surface area contributed by atoms with Crippen molar-refractivity contribution in [2.24, 2.45) is 0 Å². The lowest BCUT2D eigenvalue weighted by atomic mass is 9.99. The number of benzene rings is 1. The molecule has 21 heavy (non-hydrogen) atoms. The number of phenolic OH excluding ortho intramolecular Hbond substituents is 1. The molecule has 0 fully saturated rings. The second kappa shape index (κ2) is 5.83. The van der Waals surface area contributed by atoms with Crippen LogP contribution in [0.5, 0.6) is 5.75 Å². The Labute approximate surface area is 122 Å². The van der Waals surface area contributed by atoms with Crippen LogP contribution < -0.4 is 0 Å². The van der Waals surface area contributed by atoms with Crippen LogP contribution in [-0.2, 0) is 4.74 Å². The molecule has 1 aromatic carbocycles. The number of aromatic nitrogens is 1. The SMILES string of the molecule is CCOC(=O)c1[nH]c(C)c(C(=O)c2ccc(O)cc2)c1C. The Kier molecular flexibility index (Phi) is 4.12. The van der Waals surface area contributed by atoms with Gasteiger partial charge in [-0.05, 0) is 50.6 Å². The third kappa shape index (κ3) is 2.81. The fourth-order valence-electron chi connectivity index (χ4n) is 2.26. The van der Waals surface area contributed by atoms with E-state index in [1.807, 2.05) is 0 Å². The molecule has 0 unspecified atom stereocenters. The molecule has 5 nitrogen and oxygen atoms in total. The Balaban J connectivity index is 2.42. The van der Waals surface area contributed by atoms with Gasteiger partial charge in [-0.2, -0.15) is 0 Å². The minimum atomic E-state index is -0.470. The molecule has 2 rings (SSSR count). The standard InChI is InChI=1S/C16H17NO4/c1-4-21-16(20)14-9(2)13(10(3)17-14)15(19)11-5-7-12(18)8-6-11/h5-8,17-18H,4H2,1-3H3. The number of H-pyrrole nitrogens is 1. The van der Waals surface area contributed by atoms with Crippen LogP contribution in [0.4, 0.5) is 0 Å². The number of esters is 1. The summed E-state index contributed by atoms with van der Waals surface area (Å²) in [7, 11) is 0. The number of aryl methyl sites for hydroxylation is 1. The summed E-state index contributed by atoms with van der Waals surface area (Å²) in [6.07, 6.45) is 0. The molecule has 0 aliphatic carbocycles. The van der Waals surface area contributed by atoms with E-state index in [1.165, 1.54) is 12.1 Å². The number of phenols is 1. The normalized spacial score (nSPS) is 10.4. The summed E-state index contributed by atoms with van der Waals surface area (Å²) in [5.74, 6) is -0.569. The largest absolute Gasteiger partial charge is 0.508 e. The maximum atomic E-state index is 12.5. The van der Waals surface area contributed by atoms with Crippen LogP contribution in [0.1, 0.15) is 44.6 Å². The van der Waals surface area contributed by atoms with Gasteiger partial charge in [0.25, 0.3) is 0 Å². The number of nitrogens with one attached hydrogen (secondary N) is 1. The van der Waals surface area contributed by atoms with Crippen LogP contribution in [0.15, 0.2) is 24.3 Å². The minimum absolute atomic E-state index is 0.0984. The summed E-state index contributed by atoms with van der Waals surface area (Å²) < 4.78 is 4.96. The van der Waals surface area contributed by atoms with E-state index in [2.05, 4.69) is 4.98 Å². The molecule has 0 aliphatic rings. The molecule has 2 N–H and O–H groups in total. The highest BCUT2D eigenvalue weighted by atomic mass is 16.5. The summed E-state index contributed by atoms with van der Waals surface area (Å²) >= 11 is 0. The van der Waals surface area contributed by atoms with E-state index in [9.17, 15) is 14.7 Å². The van der Waals surface area contributed by atoms with E-state index in [0.717, 1.165) is 0 Å². The fraction of sp³-hybridized carbons (Fsp3) is 0.250. The van der Waals surface area contributed by atoms with E-state index in [1.54, 1.807) is 32.9 Å². The third-order valence-corrected chi connectivity index (χ3v) is 3.27. The minimum Gasteiger partial charge on any atom is -0.508 e. The average Bonchev–Trinajstić information content (AvgIpc) is 2.74. The molecule has 2 aromatic rings. The zero-order chi connectivity index (χ0) is 15.6. The van der Waals surface area contributed by atoms with Crippen molar-refractivity contribution < 1.29 is 19.4 Å². The van der Waals surface area contributed by atoms with Crippen molar-refractivity contribution in [3.05, 3.63) is 52.3 Å². The lowest BCUT2D eigenvalue weighted by Crippen LogP contribution is -2.08. The summed E-state index contributed by atoms with van der Waals surface area (Å²) in [6.45, 7) is 5.45. The van der Waals surface area contributed by atoms with Gasteiger partial charge in [-0.1, -0.05) is 0 Å². The van der Waals surface area contributed by atoms with Gasteiger partial charge in [-0.15, -0.1) is 0 Å². The van der Waals surface area contributed by atoms with Gasteiger partial charge >= 0.3 is 5.97 Å². The zero-order valence-electron chi connectivity index (χ0n) is 12.2. The molecule has 0 spiro atoms. The van der Waals surface area contributed by atoms with Gasteiger partial charge in [-0.25, -0.2) is 4.79 Å². The molecular weight excluding hydrogens is 270 g/mol. The van der Waals surface area contributed by atoms with Gasteiger partial charge in [0.1, 0.15) is 11.4 Å². The second-order valence-corrected chi connectivity index (χ2v) is 4.72. The van der Waals surface area contributed by atoms with Gasteiger partial charge < -0.3 is 14.8 Å². The van der Waals surface area contributed by atoms with Crippen molar-refractivity contribution >= 4 is 11.8 Å². The summed E-state index contributed by atoms with van der Waals surface area (Å²) in [5, 5.41) is 9.28. The van der Waals surface area contributed by atoms with Gasteiger partial charge in [0.15, 0.2) is 5.78 Å². The monoisotopic (exact) mass is 287 g/mol. The van der Waals surface area contributed by atoms with Crippen LogP contribution in [0.3, 0.4) is 0 Å². The van der Waals surface area contributed by atoms with Crippen molar-refractivity contribution in [2.45, 2.75) is 20.8 Å². The predicted octanol–water partition coefficient (Wildman–Crippen LogP) is 2.74. The van der Waals surface area contributed by atoms with Crippen molar-refractivity contribution in [1.82, 2.24) is 4.98 Å². The van der Waals surface area contributed by atoms with Crippen LogP contribution in [0, 0.1) is 13.8 Å². The molecule has 0 radical (unpaired) electrons. The van der Waals surface area contributed by atoms with Crippen LogP contribution in [0.25, 0.3) is 0 Å². The number of hydrogen-bond acceptors (Lipinski definition) is 4. The number of rotatable bonds is 4. The fourth-order valence-corrected chi connectivity index (χ4v) is 2.26. The maximum Gasteiger partial charge on any atom is 0.355 e. The molecule has 1 heterocycles. The third-order valence-electron chi connectivity index (χ3n) is 3.27. The molecule has 0 saturated carbocycles. The lowest BCUT2D eigenvalue weighted by molar-refractivity contribution is 0.0519. The van der Waals surface area contributed by atoms with E-state index in [0.29, 0.717) is 28.1 Å². The molecule has 0 saturated heterocycles. The first kappa shape index (κ1) is 14.8. The second-order valence-electron chi connectivity index (χ2n) is 4.72. The average molecular weight is 287 g/mol. The van der Waals surface area contributed by atoms with Gasteiger partial charge in [-0.3, -0.25) is 4.79 Å². The number of carbonyl (C=O) groups is 2. The van der Waals surface area contributed by atoms with Crippen molar-refractivity contribution in [2.75, 3.05) is 6.61 Å². The van der Waals surface area contributed by atoms with Crippen LogP contribution in [0.2, 0.25) is 0 Å². The Bertz CT molecular complexity index is 683. The van der Waals surface area contributed by atoms with E-state index in [4.69, 9.17) is 4.74 Å². The number of ketones is 1. The number of hydrogen-bond donors (Lipinski definition) is 2. The Morgan fingerprint density at radius 3 is 2.38 bits per heavy atom. The topological polar surface area (TPSA) is 79.4 Å². The lowest BCUT2D eigenvalue weighted by Gasteiger charge is -2.03. The highest BCUT2D eigenvalue weighted by Gasteiger charge is 2.23. The van der Waals surface area contributed by atoms with E-state index < -0.39 is 5.97 Å². The van der Waals surface area contributed by atoms with Gasteiger partial charge in [0, 0.05) is 16.8 Å². The first-order valence-electron chi connectivity index (χ1n) is 6.65. The quantitative estimate of drug-likeness (QED) is 0.669. The molecule has 1 aromatic heterocycles. The van der Waals surface area contributed by atoms with E-state index in [-0.39, 0.29) is 18.1 Å². The Morgan fingerprint density at radius 1 is 1.19 bits per heavy atom. The highest BCUT2D eigenvalue weighted by molar-refractivity contribution is 6.12. The van der Waals surface area contributed by atoms with Crippen LogP contribution >= 0.6 is 0 Å². The van der Waals surface area contributed by atoms with Crippen molar-refractivity contribution in [3.8, 4) is 5.75 Å². The van der Waals surface area contributed by atoms with E-state index >= 15 is 0 Å². The number of aromatic amines is 1. The molecule has 5 heteroatoms. The predicted molar refractivity (Wildman–Crippen MR) is 77.8 cm³/mol. The molecule has 0 aliphatic heterocycles. The number of aromatic hydroxyl groups is 1. The molecular formula is C16H17NO4. The first-order chi connectivity index (χ1) is 9.95. The van der Waals surface area contributed by atoms with Crippen LogP contribution in [-0.4, -0.2) is 28.4 Å². The summed E-state index contributed by atoms with van der Waals surface area (Å²) in [4.78, 5) is 27.3. The zero-order valence-corrected chi connectivity index (χ0v) is 12.2.